The predicted molar refractivity (Wildman–Crippen MR) is 98.9 cm³/mol. The van der Waals surface area contributed by atoms with E-state index >= 15 is 0 Å². The van der Waals surface area contributed by atoms with Crippen molar-refractivity contribution in [3.05, 3.63) is 81.5 Å². The summed E-state index contributed by atoms with van der Waals surface area (Å²) in [7, 11) is 1.59. The van der Waals surface area contributed by atoms with Gasteiger partial charge in [-0.3, -0.25) is 19.8 Å². The number of aromatic nitrogens is 2. The number of hydrogen-bond donors (Lipinski definition) is 0. The normalized spacial score (nSPS) is 10.6. The first kappa shape index (κ1) is 17.3. The van der Waals surface area contributed by atoms with Gasteiger partial charge in [-0.15, -0.1) is 0 Å². The molecule has 0 aliphatic heterocycles. The van der Waals surface area contributed by atoms with E-state index in [4.69, 9.17) is 0 Å². The minimum atomic E-state index is -0.541. The van der Waals surface area contributed by atoms with Crippen LogP contribution in [0.4, 0.5) is 11.5 Å². The van der Waals surface area contributed by atoms with Crippen molar-refractivity contribution in [1.82, 2.24) is 9.78 Å². The van der Waals surface area contributed by atoms with Crippen LogP contribution in [0.1, 0.15) is 21.6 Å². The maximum Gasteiger partial charge on any atom is 0.282 e. The summed E-state index contributed by atoms with van der Waals surface area (Å²) in [5, 5.41) is 15.7. The molecule has 1 aromatic heterocycles. The van der Waals surface area contributed by atoms with Gasteiger partial charge >= 0.3 is 0 Å². The lowest BCUT2D eigenvalue weighted by Gasteiger charge is -2.19. The monoisotopic (exact) mass is 350 g/mol. The molecule has 132 valence electrons. The Morgan fingerprint density at radius 1 is 1.12 bits per heavy atom. The highest BCUT2D eigenvalue weighted by Gasteiger charge is 2.26. The van der Waals surface area contributed by atoms with Gasteiger partial charge in [0.15, 0.2) is 0 Å². The number of nitrogens with zero attached hydrogens (tertiary/aromatic N) is 4. The Labute approximate surface area is 150 Å². The third-order valence-corrected chi connectivity index (χ3v) is 4.04. The molecule has 0 unspecified atom stereocenters. The van der Waals surface area contributed by atoms with Crippen LogP contribution in [0.15, 0.2) is 54.6 Å². The minimum Gasteiger partial charge on any atom is -0.295 e. The molecule has 3 aromatic rings. The second-order valence-electron chi connectivity index (χ2n) is 6.03. The fraction of sp³-hybridized carbons (Fsp3) is 0.158. The Bertz CT molecular complexity index is 980. The number of rotatable bonds is 4. The van der Waals surface area contributed by atoms with Gasteiger partial charge in [0.25, 0.3) is 11.6 Å². The van der Waals surface area contributed by atoms with Crippen LogP contribution in [0.2, 0.25) is 0 Å². The molecular weight excluding hydrogens is 332 g/mol. The number of para-hydroxylation sites is 1. The van der Waals surface area contributed by atoms with Crippen molar-refractivity contribution < 1.29 is 9.72 Å². The molecular formula is C19H18N4O3. The molecule has 26 heavy (non-hydrogen) atoms. The molecule has 0 atom stereocenters. The molecule has 2 aromatic carbocycles. The van der Waals surface area contributed by atoms with Crippen molar-refractivity contribution in [2.24, 2.45) is 0 Å². The van der Waals surface area contributed by atoms with Gasteiger partial charge in [0.05, 0.1) is 16.3 Å². The van der Waals surface area contributed by atoms with Gasteiger partial charge in [-0.2, -0.15) is 5.10 Å². The summed E-state index contributed by atoms with van der Waals surface area (Å²) in [5.41, 5.74) is 2.15. The van der Waals surface area contributed by atoms with E-state index in [1.807, 2.05) is 37.3 Å². The van der Waals surface area contributed by atoms with Gasteiger partial charge in [0.2, 0.25) is 0 Å². The first-order valence-corrected chi connectivity index (χ1v) is 8.03. The summed E-state index contributed by atoms with van der Waals surface area (Å²) in [6.45, 7) is 3.62. The first-order valence-electron chi connectivity index (χ1n) is 8.03. The van der Waals surface area contributed by atoms with Crippen molar-refractivity contribution in [3.8, 4) is 5.69 Å². The highest BCUT2D eigenvalue weighted by Crippen LogP contribution is 2.26. The number of carbonyl (C=O) groups is 1. The largest absolute Gasteiger partial charge is 0.295 e. The Hall–Kier alpha value is -3.48. The SMILES string of the molecule is Cc1ccc([N+](=O)[O-])c(C(=O)N(C)c2cc(C)nn2-c2ccccc2)c1. The second-order valence-corrected chi connectivity index (χ2v) is 6.03. The summed E-state index contributed by atoms with van der Waals surface area (Å²) in [4.78, 5) is 25.1. The fourth-order valence-electron chi connectivity index (χ4n) is 2.75. The van der Waals surface area contributed by atoms with Crippen LogP contribution in [0.5, 0.6) is 0 Å². The molecule has 0 bridgehead atoms. The Morgan fingerprint density at radius 2 is 1.81 bits per heavy atom. The van der Waals surface area contributed by atoms with E-state index in [1.165, 1.54) is 17.0 Å². The van der Waals surface area contributed by atoms with Gasteiger partial charge in [-0.05, 0) is 37.6 Å². The van der Waals surface area contributed by atoms with Crippen LogP contribution in [-0.2, 0) is 0 Å². The number of aryl methyl sites for hydroxylation is 2. The van der Waals surface area contributed by atoms with Crippen LogP contribution >= 0.6 is 0 Å². The zero-order valence-corrected chi connectivity index (χ0v) is 14.7. The number of benzene rings is 2. The number of hydrogen-bond acceptors (Lipinski definition) is 4. The fourth-order valence-corrected chi connectivity index (χ4v) is 2.75. The molecule has 7 nitrogen and oxygen atoms in total. The summed E-state index contributed by atoms with van der Waals surface area (Å²) in [5.74, 6) is 0.0759. The lowest BCUT2D eigenvalue weighted by atomic mass is 10.1. The molecule has 3 rings (SSSR count). The molecule has 0 radical (unpaired) electrons. The molecule has 7 heteroatoms. The van der Waals surface area contributed by atoms with E-state index < -0.39 is 10.8 Å². The average molecular weight is 350 g/mol. The minimum absolute atomic E-state index is 0.0518. The molecule has 0 fully saturated rings. The topological polar surface area (TPSA) is 81.3 Å². The molecule has 1 amide bonds. The number of amides is 1. The van der Waals surface area contributed by atoms with Crippen molar-refractivity contribution in [2.75, 3.05) is 11.9 Å². The molecule has 0 saturated heterocycles. The number of anilines is 1. The van der Waals surface area contributed by atoms with E-state index in [0.29, 0.717) is 5.82 Å². The highest BCUT2D eigenvalue weighted by molar-refractivity contribution is 6.08. The summed E-state index contributed by atoms with van der Waals surface area (Å²) >= 11 is 0. The molecule has 1 heterocycles. The van der Waals surface area contributed by atoms with E-state index in [2.05, 4.69) is 5.10 Å². The molecule has 0 aliphatic carbocycles. The number of nitro groups is 1. The summed E-state index contributed by atoms with van der Waals surface area (Å²) in [6.07, 6.45) is 0. The van der Waals surface area contributed by atoms with Gasteiger partial charge in [-0.25, -0.2) is 4.68 Å². The lowest BCUT2D eigenvalue weighted by molar-refractivity contribution is -0.385. The molecule has 0 saturated carbocycles. The van der Waals surface area contributed by atoms with Gasteiger partial charge in [0, 0.05) is 19.2 Å². The van der Waals surface area contributed by atoms with Crippen molar-refractivity contribution in [2.45, 2.75) is 13.8 Å². The lowest BCUT2D eigenvalue weighted by Crippen LogP contribution is -2.29. The Balaban J connectivity index is 2.06. The van der Waals surface area contributed by atoms with E-state index in [-0.39, 0.29) is 11.3 Å². The Kier molecular flexibility index (Phi) is 4.53. The highest BCUT2D eigenvalue weighted by atomic mass is 16.6. The van der Waals surface area contributed by atoms with Crippen molar-refractivity contribution >= 4 is 17.4 Å². The zero-order chi connectivity index (χ0) is 18.8. The van der Waals surface area contributed by atoms with Crippen molar-refractivity contribution in [1.29, 1.82) is 0 Å². The number of nitro benzene ring substituents is 1. The summed E-state index contributed by atoms with van der Waals surface area (Å²) < 4.78 is 1.65. The first-order chi connectivity index (χ1) is 12.4. The average Bonchev–Trinajstić information content (AvgIpc) is 3.02. The quantitative estimate of drug-likeness (QED) is 0.531. The maximum absolute atomic E-state index is 13.0. The maximum atomic E-state index is 13.0. The third-order valence-electron chi connectivity index (χ3n) is 4.04. The zero-order valence-electron chi connectivity index (χ0n) is 14.7. The predicted octanol–water partition coefficient (Wildman–Crippen LogP) is 3.67. The molecule has 0 N–H and O–H groups in total. The molecule has 0 aliphatic rings. The van der Waals surface area contributed by atoms with Gasteiger partial charge in [0.1, 0.15) is 11.4 Å². The third kappa shape index (κ3) is 3.19. The second kappa shape index (κ2) is 6.79. The van der Waals surface area contributed by atoms with Crippen LogP contribution in [0, 0.1) is 24.0 Å². The van der Waals surface area contributed by atoms with E-state index in [1.54, 1.807) is 30.8 Å². The van der Waals surface area contributed by atoms with E-state index in [0.717, 1.165) is 16.9 Å². The smallest absolute Gasteiger partial charge is 0.282 e. The van der Waals surface area contributed by atoms with Crippen LogP contribution in [0.25, 0.3) is 5.69 Å². The number of carbonyl (C=O) groups excluding carboxylic acids is 1. The van der Waals surface area contributed by atoms with Crippen molar-refractivity contribution in [3.63, 3.8) is 0 Å². The Morgan fingerprint density at radius 3 is 2.46 bits per heavy atom. The van der Waals surface area contributed by atoms with Gasteiger partial charge < -0.3 is 0 Å². The van der Waals surface area contributed by atoms with Crippen LogP contribution < -0.4 is 4.90 Å². The summed E-state index contributed by atoms with van der Waals surface area (Å²) in [6, 6.07) is 15.7. The van der Waals surface area contributed by atoms with Crippen LogP contribution in [0.3, 0.4) is 0 Å². The van der Waals surface area contributed by atoms with E-state index in [9.17, 15) is 14.9 Å². The van der Waals surface area contributed by atoms with Crippen LogP contribution in [-0.4, -0.2) is 27.7 Å². The standard InChI is InChI=1S/C19H18N4O3/c1-13-9-10-17(23(25)26)16(11-13)19(24)21(3)18-12-14(2)20-22(18)15-7-5-4-6-8-15/h4-12H,1-3H3. The molecule has 0 spiro atoms. The van der Waals surface area contributed by atoms with Gasteiger partial charge in [-0.1, -0.05) is 24.3 Å².